The maximum Gasteiger partial charge on any atom is 0.332 e. The fraction of sp³-hybridized carbons (Fsp3) is 0.125. The second-order valence-electron chi connectivity index (χ2n) is 5.35. The number of carbonyl (C=O) groups excluding carboxylic acids is 1. The van der Waals surface area contributed by atoms with Gasteiger partial charge in [-0.15, -0.1) is 0 Å². The molecule has 0 unspecified atom stereocenters. The summed E-state index contributed by atoms with van der Waals surface area (Å²) in [5, 5.41) is 2.77. The highest BCUT2D eigenvalue weighted by Crippen LogP contribution is 2.19. The van der Waals surface area contributed by atoms with E-state index in [2.05, 4.69) is 10.3 Å². The summed E-state index contributed by atoms with van der Waals surface area (Å²) in [7, 11) is 2.80. The Labute approximate surface area is 145 Å². The van der Waals surface area contributed by atoms with E-state index in [9.17, 15) is 18.8 Å². The van der Waals surface area contributed by atoms with Gasteiger partial charge in [0.1, 0.15) is 17.2 Å². The third kappa shape index (κ3) is 2.91. The van der Waals surface area contributed by atoms with Gasteiger partial charge in [-0.25, -0.2) is 14.2 Å². The lowest BCUT2D eigenvalue weighted by molar-refractivity contribution is 0.102. The number of halogens is 2. The summed E-state index contributed by atoms with van der Waals surface area (Å²) in [5.74, 6) is -1.38. The zero-order chi connectivity index (χ0) is 18.3. The van der Waals surface area contributed by atoms with E-state index in [4.69, 9.17) is 11.6 Å². The van der Waals surface area contributed by atoms with Gasteiger partial charge in [0.05, 0.1) is 11.1 Å². The van der Waals surface area contributed by atoms with Crippen molar-refractivity contribution in [2.45, 2.75) is 0 Å². The number of aryl methyl sites for hydroxylation is 1. The number of amides is 1. The number of aromatic nitrogens is 3. The van der Waals surface area contributed by atoms with Crippen LogP contribution < -0.4 is 16.6 Å². The van der Waals surface area contributed by atoms with Crippen molar-refractivity contribution in [3.05, 3.63) is 67.7 Å². The van der Waals surface area contributed by atoms with Crippen molar-refractivity contribution in [3.63, 3.8) is 0 Å². The summed E-state index contributed by atoms with van der Waals surface area (Å²) in [4.78, 5) is 40.4. The highest BCUT2D eigenvalue weighted by molar-refractivity contribution is 6.30. The number of anilines is 1. The molecule has 0 spiro atoms. The maximum absolute atomic E-state index is 13.8. The normalized spacial score (nSPS) is 10.9. The van der Waals surface area contributed by atoms with Gasteiger partial charge in [0.2, 0.25) is 0 Å². The zero-order valence-electron chi connectivity index (χ0n) is 13.2. The Kier molecular flexibility index (Phi) is 4.13. The molecule has 2 aromatic heterocycles. The van der Waals surface area contributed by atoms with Crippen LogP contribution in [0.1, 0.15) is 10.5 Å². The number of nitrogens with zero attached hydrogens (tertiary/aromatic N) is 3. The number of rotatable bonds is 2. The Morgan fingerprint density at radius 1 is 1.16 bits per heavy atom. The van der Waals surface area contributed by atoms with Gasteiger partial charge in [0.25, 0.3) is 11.5 Å². The third-order valence-electron chi connectivity index (χ3n) is 3.71. The molecule has 0 atom stereocenters. The van der Waals surface area contributed by atoms with Crippen LogP contribution >= 0.6 is 11.6 Å². The summed E-state index contributed by atoms with van der Waals surface area (Å²) in [6.07, 6.45) is 0. The Bertz CT molecular complexity index is 1140. The highest BCUT2D eigenvalue weighted by Gasteiger charge is 2.15. The number of nitrogens with one attached hydrogen (secondary N) is 1. The van der Waals surface area contributed by atoms with Crippen molar-refractivity contribution >= 4 is 34.2 Å². The van der Waals surface area contributed by atoms with E-state index in [1.54, 1.807) is 0 Å². The summed E-state index contributed by atoms with van der Waals surface area (Å²) in [5.41, 5.74) is -1.13. The van der Waals surface area contributed by atoms with Gasteiger partial charge in [-0.1, -0.05) is 11.6 Å². The molecule has 0 saturated heterocycles. The molecule has 25 heavy (non-hydrogen) atoms. The molecule has 1 N–H and O–H groups in total. The van der Waals surface area contributed by atoms with Crippen LogP contribution in [-0.2, 0) is 14.1 Å². The second kappa shape index (κ2) is 6.14. The largest absolute Gasteiger partial charge is 0.332 e. The summed E-state index contributed by atoms with van der Waals surface area (Å²) in [6, 6.07) is 6.55. The zero-order valence-corrected chi connectivity index (χ0v) is 14.0. The molecule has 9 heteroatoms. The van der Waals surface area contributed by atoms with Gasteiger partial charge in [-0.05, 0) is 30.3 Å². The molecule has 2 heterocycles. The first-order valence-corrected chi connectivity index (χ1v) is 7.50. The lowest BCUT2D eigenvalue weighted by atomic mass is 10.2. The van der Waals surface area contributed by atoms with Crippen molar-refractivity contribution in [2.75, 3.05) is 5.32 Å². The van der Waals surface area contributed by atoms with E-state index < -0.39 is 23.0 Å². The van der Waals surface area contributed by atoms with Gasteiger partial charge >= 0.3 is 5.69 Å². The van der Waals surface area contributed by atoms with Crippen LogP contribution in [0.2, 0.25) is 5.02 Å². The van der Waals surface area contributed by atoms with Crippen LogP contribution in [0.15, 0.2) is 39.9 Å². The predicted molar refractivity (Wildman–Crippen MR) is 91.6 cm³/mol. The minimum atomic E-state index is -0.692. The van der Waals surface area contributed by atoms with Gasteiger partial charge in [0.15, 0.2) is 0 Å². The average Bonchev–Trinajstić information content (AvgIpc) is 2.60. The maximum atomic E-state index is 13.8. The van der Waals surface area contributed by atoms with E-state index in [1.807, 2.05) is 0 Å². The standard InChI is InChI=1S/C16H12ClFN4O3/c1-21-13-9(15(24)22(2)16(21)25)4-6-12(19-13)14(23)20-11-5-3-8(17)7-10(11)18/h3-7H,1-2H3,(H,20,23). The van der Waals surface area contributed by atoms with Gasteiger partial charge < -0.3 is 5.32 Å². The van der Waals surface area contributed by atoms with E-state index in [1.165, 1.54) is 38.4 Å². The van der Waals surface area contributed by atoms with Crippen molar-refractivity contribution in [1.29, 1.82) is 0 Å². The number of hydrogen-bond donors (Lipinski definition) is 1. The first kappa shape index (κ1) is 16.8. The van der Waals surface area contributed by atoms with Crippen molar-refractivity contribution in [1.82, 2.24) is 14.1 Å². The van der Waals surface area contributed by atoms with Crippen LogP contribution in [0.3, 0.4) is 0 Å². The molecule has 3 rings (SSSR count). The number of benzene rings is 1. The minimum absolute atomic E-state index is 0.0610. The van der Waals surface area contributed by atoms with Gasteiger partial charge in [0, 0.05) is 19.1 Å². The molecule has 0 aliphatic heterocycles. The van der Waals surface area contributed by atoms with Gasteiger partial charge in [-0.2, -0.15) is 0 Å². The average molecular weight is 363 g/mol. The molecular weight excluding hydrogens is 351 g/mol. The van der Waals surface area contributed by atoms with Crippen molar-refractivity contribution in [3.8, 4) is 0 Å². The lowest BCUT2D eigenvalue weighted by Gasteiger charge is -2.09. The molecule has 0 bridgehead atoms. The number of pyridine rings is 1. The van der Waals surface area contributed by atoms with E-state index in [-0.39, 0.29) is 27.4 Å². The molecule has 0 radical (unpaired) electrons. The molecule has 128 valence electrons. The monoisotopic (exact) mass is 362 g/mol. The Morgan fingerprint density at radius 3 is 2.56 bits per heavy atom. The van der Waals surface area contributed by atoms with E-state index >= 15 is 0 Å². The molecular formula is C16H12ClFN4O3. The van der Waals surface area contributed by atoms with Crippen LogP contribution in [0.5, 0.6) is 0 Å². The highest BCUT2D eigenvalue weighted by atomic mass is 35.5. The van der Waals surface area contributed by atoms with Crippen LogP contribution in [0.4, 0.5) is 10.1 Å². The predicted octanol–water partition coefficient (Wildman–Crippen LogP) is 1.68. The van der Waals surface area contributed by atoms with Gasteiger partial charge in [-0.3, -0.25) is 18.7 Å². The molecule has 7 nitrogen and oxygen atoms in total. The van der Waals surface area contributed by atoms with E-state index in [0.29, 0.717) is 0 Å². The Balaban J connectivity index is 2.06. The number of carbonyl (C=O) groups is 1. The smallest absolute Gasteiger partial charge is 0.318 e. The quantitative estimate of drug-likeness (QED) is 0.751. The van der Waals surface area contributed by atoms with E-state index in [0.717, 1.165) is 15.2 Å². The first-order valence-electron chi connectivity index (χ1n) is 7.13. The fourth-order valence-electron chi connectivity index (χ4n) is 2.36. The summed E-state index contributed by atoms with van der Waals surface area (Å²) in [6.45, 7) is 0. The molecule has 3 aromatic rings. The second-order valence-corrected chi connectivity index (χ2v) is 5.79. The Morgan fingerprint density at radius 2 is 1.88 bits per heavy atom. The number of hydrogen-bond acceptors (Lipinski definition) is 4. The van der Waals surface area contributed by atoms with Crippen LogP contribution in [0.25, 0.3) is 11.0 Å². The van der Waals surface area contributed by atoms with Crippen molar-refractivity contribution < 1.29 is 9.18 Å². The first-order chi connectivity index (χ1) is 11.8. The molecule has 0 aliphatic carbocycles. The third-order valence-corrected chi connectivity index (χ3v) is 3.95. The number of fused-ring (bicyclic) bond motifs is 1. The van der Waals surface area contributed by atoms with Crippen molar-refractivity contribution in [2.24, 2.45) is 14.1 Å². The molecule has 0 saturated carbocycles. The summed E-state index contributed by atoms with van der Waals surface area (Å²) < 4.78 is 15.9. The topological polar surface area (TPSA) is 86.0 Å². The lowest BCUT2D eigenvalue weighted by Crippen LogP contribution is -2.37. The molecule has 1 aromatic carbocycles. The van der Waals surface area contributed by atoms with Crippen LogP contribution in [0, 0.1) is 5.82 Å². The summed E-state index contributed by atoms with van der Waals surface area (Å²) >= 11 is 5.67. The molecule has 0 fully saturated rings. The van der Waals surface area contributed by atoms with Crippen LogP contribution in [-0.4, -0.2) is 20.0 Å². The Hall–Kier alpha value is -3.00. The molecule has 0 aliphatic rings. The molecule has 1 amide bonds. The minimum Gasteiger partial charge on any atom is -0.318 e. The SMILES string of the molecule is Cn1c(=O)c2ccc(C(=O)Nc3ccc(Cl)cc3F)nc2n(C)c1=O. The fourth-order valence-corrected chi connectivity index (χ4v) is 2.52.